The van der Waals surface area contributed by atoms with Crippen molar-refractivity contribution in [2.75, 3.05) is 6.26 Å². The molecule has 3 aromatic carbocycles. The predicted octanol–water partition coefficient (Wildman–Crippen LogP) is 3.69. The Labute approximate surface area is 191 Å². The number of pyridine rings is 1. The van der Waals surface area contributed by atoms with Crippen molar-refractivity contribution < 1.29 is 18.0 Å². The molecule has 1 aromatic heterocycles. The van der Waals surface area contributed by atoms with Crippen LogP contribution in [0.25, 0.3) is 22.2 Å². The number of rotatable bonds is 4. The van der Waals surface area contributed by atoms with Gasteiger partial charge in [-0.3, -0.25) is 20.4 Å². The first kappa shape index (κ1) is 22.2. The zero-order chi connectivity index (χ0) is 23.6. The Hall–Kier alpha value is -4.04. The quantitative estimate of drug-likeness (QED) is 0.453. The summed E-state index contributed by atoms with van der Waals surface area (Å²) in [6.45, 7) is 1.99. The number of aryl methyl sites for hydroxylation is 1. The van der Waals surface area contributed by atoms with Gasteiger partial charge < -0.3 is 0 Å². The van der Waals surface area contributed by atoms with Gasteiger partial charge in [0.1, 0.15) is 0 Å². The van der Waals surface area contributed by atoms with E-state index < -0.39 is 21.7 Å². The van der Waals surface area contributed by atoms with Crippen molar-refractivity contribution in [3.8, 4) is 11.3 Å². The molecule has 2 amide bonds. The summed E-state index contributed by atoms with van der Waals surface area (Å²) in [5.74, 6) is -1.07. The highest BCUT2D eigenvalue weighted by Crippen LogP contribution is 2.25. The summed E-state index contributed by atoms with van der Waals surface area (Å²) in [6, 6.07) is 22.3. The van der Waals surface area contributed by atoms with Gasteiger partial charge in [0.2, 0.25) is 0 Å². The number of hydrogen-bond donors (Lipinski definition) is 2. The molecule has 0 radical (unpaired) electrons. The van der Waals surface area contributed by atoms with Gasteiger partial charge in [-0.15, -0.1) is 0 Å². The molecule has 0 bridgehead atoms. The fraction of sp³-hybridized carbons (Fsp3) is 0.0800. The molecule has 7 nitrogen and oxygen atoms in total. The van der Waals surface area contributed by atoms with Crippen molar-refractivity contribution in [1.29, 1.82) is 0 Å². The lowest BCUT2D eigenvalue weighted by atomic mass is 10.0. The molecule has 0 saturated carbocycles. The topological polar surface area (TPSA) is 105 Å². The van der Waals surface area contributed by atoms with E-state index in [0.717, 1.165) is 17.4 Å². The molecule has 0 aliphatic rings. The van der Waals surface area contributed by atoms with Crippen LogP contribution in [0.3, 0.4) is 0 Å². The molecule has 0 saturated heterocycles. The van der Waals surface area contributed by atoms with E-state index in [9.17, 15) is 18.0 Å². The number of para-hydroxylation sites is 1. The van der Waals surface area contributed by atoms with Gasteiger partial charge in [-0.05, 0) is 43.3 Å². The summed E-state index contributed by atoms with van der Waals surface area (Å²) in [6.07, 6.45) is 1.09. The van der Waals surface area contributed by atoms with Gasteiger partial charge in [-0.2, -0.15) is 0 Å². The normalized spacial score (nSPS) is 11.2. The molecule has 0 aliphatic carbocycles. The van der Waals surface area contributed by atoms with Gasteiger partial charge in [0.05, 0.1) is 21.7 Å². The maximum Gasteiger partial charge on any atom is 0.270 e. The van der Waals surface area contributed by atoms with Crippen LogP contribution in [0.1, 0.15) is 26.3 Å². The number of carbonyl (C=O) groups is 2. The Morgan fingerprint density at radius 2 is 1.45 bits per heavy atom. The molecule has 33 heavy (non-hydrogen) atoms. The van der Waals surface area contributed by atoms with E-state index in [0.29, 0.717) is 22.2 Å². The highest BCUT2D eigenvalue weighted by Gasteiger charge is 2.16. The van der Waals surface area contributed by atoms with Crippen LogP contribution in [0, 0.1) is 6.92 Å². The fourth-order valence-electron chi connectivity index (χ4n) is 3.34. The molecule has 1 heterocycles. The van der Waals surface area contributed by atoms with Crippen LogP contribution in [-0.4, -0.2) is 31.5 Å². The number of fused-ring (bicyclic) bond motifs is 1. The summed E-state index contributed by atoms with van der Waals surface area (Å²) in [4.78, 5) is 30.2. The van der Waals surface area contributed by atoms with Crippen molar-refractivity contribution in [3.63, 3.8) is 0 Å². The molecule has 0 atom stereocenters. The first-order valence-electron chi connectivity index (χ1n) is 10.1. The van der Waals surface area contributed by atoms with Crippen molar-refractivity contribution in [3.05, 3.63) is 95.6 Å². The van der Waals surface area contributed by atoms with Crippen molar-refractivity contribution in [1.82, 2.24) is 15.8 Å². The number of sulfone groups is 1. The molecule has 0 fully saturated rings. The van der Waals surface area contributed by atoms with Crippen LogP contribution in [0.2, 0.25) is 0 Å². The molecule has 166 valence electrons. The molecular formula is C25H21N3O4S. The minimum Gasteiger partial charge on any atom is -0.267 e. The van der Waals surface area contributed by atoms with E-state index in [1.807, 2.05) is 49.4 Å². The van der Waals surface area contributed by atoms with E-state index in [1.165, 1.54) is 24.3 Å². The molecule has 4 rings (SSSR count). The molecule has 0 unspecified atom stereocenters. The first-order valence-corrected chi connectivity index (χ1v) is 12.0. The number of aromatic nitrogens is 1. The zero-order valence-electron chi connectivity index (χ0n) is 18.0. The van der Waals surface area contributed by atoms with E-state index >= 15 is 0 Å². The van der Waals surface area contributed by atoms with E-state index in [4.69, 9.17) is 0 Å². The number of amides is 2. The average molecular weight is 460 g/mol. The van der Waals surface area contributed by atoms with E-state index in [1.54, 1.807) is 12.1 Å². The second-order valence-electron chi connectivity index (χ2n) is 7.64. The second kappa shape index (κ2) is 8.84. The molecule has 0 spiro atoms. The van der Waals surface area contributed by atoms with Crippen molar-refractivity contribution >= 4 is 32.6 Å². The number of hydrogen-bond acceptors (Lipinski definition) is 5. The van der Waals surface area contributed by atoms with Gasteiger partial charge >= 0.3 is 0 Å². The van der Waals surface area contributed by atoms with Gasteiger partial charge in [0.25, 0.3) is 11.8 Å². The van der Waals surface area contributed by atoms with Gasteiger partial charge in [-0.25, -0.2) is 13.4 Å². The molecule has 0 aliphatic heterocycles. The lowest BCUT2D eigenvalue weighted by Gasteiger charge is -2.12. The highest BCUT2D eigenvalue weighted by atomic mass is 32.2. The summed E-state index contributed by atoms with van der Waals surface area (Å²) >= 11 is 0. The van der Waals surface area contributed by atoms with E-state index in [-0.39, 0.29) is 10.5 Å². The number of nitrogens with one attached hydrogen (secondary N) is 2. The van der Waals surface area contributed by atoms with Crippen LogP contribution in [0.5, 0.6) is 0 Å². The van der Waals surface area contributed by atoms with Crippen LogP contribution in [0.4, 0.5) is 0 Å². The maximum atomic E-state index is 13.0. The Morgan fingerprint density at radius 1 is 0.818 bits per heavy atom. The maximum absolute atomic E-state index is 13.0. The standard InChI is InChI=1S/C25H21N3O4S/c1-16-7-9-17(10-8-16)23-15-21(20-5-3-4-6-22(20)26-23)25(30)28-27-24(29)18-11-13-19(14-12-18)33(2,31)32/h3-15H,1-2H3,(H,27,29)(H,28,30). The number of benzene rings is 3. The van der Waals surface area contributed by atoms with Crippen LogP contribution in [0.15, 0.2) is 83.8 Å². The lowest BCUT2D eigenvalue weighted by Crippen LogP contribution is -2.41. The average Bonchev–Trinajstić information content (AvgIpc) is 2.81. The summed E-state index contributed by atoms with van der Waals surface area (Å²) in [5.41, 5.74) is 8.67. The summed E-state index contributed by atoms with van der Waals surface area (Å²) in [7, 11) is -3.36. The molecule has 4 aromatic rings. The number of hydrazine groups is 1. The summed E-state index contributed by atoms with van der Waals surface area (Å²) in [5, 5.41) is 0.651. The van der Waals surface area contributed by atoms with E-state index in [2.05, 4.69) is 15.8 Å². The van der Waals surface area contributed by atoms with Gasteiger partial charge in [-0.1, -0.05) is 48.0 Å². The van der Waals surface area contributed by atoms with Gasteiger partial charge in [0.15, 0.2) is 9.84 Å². The Bertz CT molecular complexity index is 1460. The first-order chi connectivity index (χ1) is 15.7. The fourth-order valence-corrected chi connectivity index (χ4v) is 3.97. The van der Waals surface area contributed by atoms with Gasteiger partial charge in [0, 0.05) is 22.8 Å². The SMILES string of the molecule is Cc1ccc(-c2cc(C(=O)NNC(=O)c3ccc(S(C)(=O)=O)cc3)c3ccccc3n2)cc1. The highest BCUT2D eigenvalue weighted by molar-refractivity contribution is 7.90. The van der Waals surface area contributed by atoms with Crippen LogP contribution >= 0.6 is 0 Å². The third kappa shape index (κ3) is 4.91. The predicted molar refractivity (Wildman–Crippen MR) is 126 cm³/mol. The summed E-state index contributed by atoms with van der Waals surface area (Å²) < 4.78 is 23.2. The Kier molecular flexibility index (Phi) is 5.93. The Balaban J connectivity index is 1.58. The number of carbonyl (C=O) groups excluding carboxylic acids is 2. The third-order valence-corrected chi connectivity index (χ3v) is 6.27. The lowest BCUT2D eigenvalue weighted by molar-refractivity contribution is 0.0847. The molecule has 2 N–H and O–H groups in total. The zero-order valence-corrected chi connectivity index (χ0v) is 18.8. The Morgan fingerprint density at radius 3 is 2.12 bits per heavy atom. The minimum absolute atomic E-state index is 0.106. The molecule has 8 heteroatoms. The van der Waals surface area contributed by atoms with Crippen LogP contribution in [-0.2, 0) is 9.84 Å². The largest absolute Gasteiger partial charge is 0.270 e. The molecular weight excluding hydrogens is 438 g/mol. The van der Waals surface area contributed by atoms with Crippen molar-refractivity contribution in [2.45, 2.75) is 11.8 Å². The number of nitrogens with zero attached hydrogens (tertiary/aromatic N) is 1. The monoisotopic (exact) mass is 459 g/mol. The second-order valence-corrected chi connectivity index (χ2v) is 9.66. The van der Waals surface area contributed by atoms with Crippen LogP contribution < -0.4 is 10.9 Å². The third-order valence-electron chi connectivity index (χ3n) is 5.14. The smallest absolute Gasteiger partial charge is 0.267 e. The van der Waals surface area contributed by atoms with Crippen molar-refractivity contribution in [2.24, 2.45) is 0 Å². The minimum atomic E-state index is -3.36.